The highest BCUT2D eigenvalue weighted by Crippen LogP contribution is 2.45. The lowest BCUT2D eigenvalue weighted by Crippen LogP contribution is -2.56. The first-order valence-electron chi connectivity index (χ1n) is 13.7. The normalized spacial score (nSPS) is 25.8. The molecule has 0 saturated heterocycles. The van der Waals surface area contributed by atoms with Crippen LogP contribution >= 0.6 is 11.3 Å². The average molecular weight is 513 g/mol. The average Bonchev–Trinajstić information content (AvgIpc) is 3.53. The zero-order valence-corrected chi connectivity index (χ0v) is 22.7. The molecule has 0 bridgehead atoms. The van der Waals surface area contributed by atoms with Crippen LogP contribution in [0.25, 0.3) is 10.2 Å². The quantitative estimate of drug-likeness (QED) is 0.168. The van der Waals surface area contributed by atoms with Gasteiger partial charge in [0.2, 0.25) is 0 Å². The third kappa shape index (κ3) is 6.55. The molecule has 0 amide bonds. The summed E-state index contributed by atoms with van der Waals surface area (Å²) < 4.78 is 1.08. The van der Waals surface area contributed by atoms with E-state index in [-0.39, 0.29) is 24.0 Å². The summed E-state index contributed by atoms with van der Waals surface area (Å²) in [6.45, 7) is 9.37. The van der Waals surface area contributed by atoms with Gasteiger partial charge in [0.05, 0.1) is 28.1 Å². The third-order valence-electron chi connectivity index (χ3n) is 7.46. The number of aliphatic hydroxyl groups is 1. The summed E-state index contributed by atoms with van der Waals surface area (Å²) in [6.07, 6.45) is 9.08. The molecule has 2 heterocycles. The Morgan fingerprint density at radius 3 is 2.44 bits per heavy atom. The van der Waals surface area contributed by atoms with Gasteiger partial charge in [-0.05, 0) is 58.9 Å². The molecule has 5 N–H and O–H groups in total. The number of hydrogen-bond donors (Lipinski definition) is 5. The summed E-state index contributed by atoms with van der Waals surface area (Å²) in [4.78, 5) is 15.4. The van der Waals surface area contributed by atoms with E-state index in [4.69, 9.17) is 9.97 Å². The fourth-order valence-electron chi connectivity index (χ4n) is 5.52. The van der Waals surface area contributed by atoms with Crippen molar-refractivity contribution in [1.29, 1.82) is 0 Å². The van der Waals surface area contributed by atoms with Gasteiger partial charge in [0.1, 0.15) is 5.82 Å². The van der Waals surface area contributed by atoms with Crippen LogP contribution in [0.15, 0.2) is 4.99 Å². The molecule has 196 valence electrons. The molecule has 36 heavy (non-hydrogen) atoms. The first kappa shape index (κ1) is 27.7. The van der Waals surface area contributed by atoms with Gasteiger partial charge in [-0.2, -0.15) is 0 Å². The van der Waals surface area contributed by atoms with Gasteiger partial charge >= 0.3 is 14.1 Å². The largest absolute Gasteiger partial charge is 0.437 e. The maximum atomic E-state index is 11.3. The van der Waals surface area contributed by atoms with Gasteiger partial charge in [-0.15, -0.1) is 11.3 Å². The number of fused-ring (bicyclic) bond motifs is 3. The number of aromatic nitrogens is 2. The zero-order valence-electron chi connectivity index (χ0n) is 21.9. The molecule has 0 aliphatic heterocycles. The summed E-state index contributed by atoms with van der Waals surface area (Å²) in [7, 11) is -1.36. The van der Waals surface area contributed by atoms with Crippen LogP contribution in [-0.4, -0.2) is 64.1 Å². The predicted molar refractivity (Wildman–Crippen MR) is 150 cm³/mol. The number of aliphatic imine (C=N–C) groups is 1. The van der Waals surface area contributed by atoms with E-state index in [1.165, 1.54) is 25.7 Å². The SMILES string of the molecule is C=NC1CC1c1nc(CCCCCCC)c2sc3c(c2n1)C(O)CCC(NB(C)O)C(NB(C)O)C3. The highest BCUT2D eigenvalue weighted by molar-refractivity contribution is 7.19. The number of aliphatic hydroxyl groups excluding tert-OH is 1. The van der Waals surface area contributed by atoms with E-state index in [0.717, 1.165) is 51.4 Å². The number of nitrogens with zero attached hydrogens (tertiary/aromatic N) is 3. The van der Waals surface area contributed by atoms with Crippen molar-refractivity contribution in [3.8, 4) is 0 Å². The first-order chi connectivity index (χ1) is 17.3. The van der Waals surface area contributed by atoms with E-state index in [2.05, 4.69) is 29.1 Å². The van der Waals surface area contributed by atoms with Gasteiger partial charge in [0.15, 0.2) is 0 Å². The molecule has 1 saturated carbocycles. The van der Waals surface area contributed by atoms with E-state index in [1.54, 1.807) is 25.0 Å². The van der Waals surface area contributed by atoms with E-state index >= 15 is 0 Å². The Labute approximate surface area is 219 Å². The van der Waals surface area contributed by atoms with Crippen LogP contribution < -0.4 is 10.5 Å². The molecule has 5 unspecified atom stereocenters. The van der Waals surface area contributed by atoms with Crippen LogP contribution in [-0.2, 0) is 12.8 Å². The Morgan fingerprint density at radius 1 is 1.06 bits per heavy atom. The summed E-state index contributed by atoms with van der Waals surface area (Å²) in [6, 6.07) is 0.0111. The second-order valence-corrected chi connectivity index (χ2v) is 11.7. The van der Waals surface area contributed by atoms with Crippen molar-refractivity contribution in [3.05, 3.63) is 22.0 Å². The van der Waals surface area contributed by atoms with E-state index in [9.17, 15) is 15.2 Å². The molecule has 4 rings (SSSR count). The van der Waals surface area contributed by atoms with Crippen LogP contribution in [0.3, 0.4) is 0 Å². The van der Waals surface area contributed by atoms with E-state index in [0.29, 0.717) is 19.3 Å². The number of unbranched alkanes of at least 4 members (excludes halogenated alkanes) is 4. The highest BCUT2D eigenvalue weighted by Gasteiger charge is 2.41. The van der Waals surface area contributed by atoms with Crippen LogP contribution in [0.1, 0.15) is 92.3 Å². The molecular weight excluding hydrogens is 472 g/mol. The number of hydrogen-bond acceptors (Lipinski definition) is 9. The Bertz CT molecular complexity index is 1040. The molecule has 0 aromatic carbocycles. The zero-order chi connectivity index (χ0) is 25.8. The molecule has 2 aliphatic rings. The number of thiophene rings is 1. The lowest BCUT2D eigenvalue weighted by atomic mass is 9.79. The fraction of sp³-hybridized carbons (Fsp3) is 0.720. The predicted octanol–water partition coefficient (Wildman–Crippen LogP) is 3.27. The van der Waals surface area contributed by atoms with Crippen LogP contribution in [0.4, 0.5) is 0 Å². The summed E-state index contributed by atoms with van der Waals surface area (Å²) in [5.74, 6) is 1.06. The van der Waals surface area contributed by atoms with Gasteiger partial charge in [-0.25, -0.2) is 9.97 Å². The molecule has 5 atom stereocenters. The smallest absolute Gasteiger partial charge is 0.373 e. The van der Waals surface area contributed by atoms with Crippen molar-refractivity contribution in [1.82, 2.24) is 20.4 Å². The van der Waals surface area contributed by atoms with Gasteiger partial charge < -0.3 is 25.6 Å². The van der Waals surface area contributed by atoms with Crippen molar-refractivity contribution in [2.45, 2.75) is 115 Å². The lowest BCUT2D eigenvalue weighted by Gasteiger charge is -2.33. The van der Waals surface area contributed by atoms with Crippen molar-refractivity contribution in [3.63, 3.8) is 0 Å². The molecule has 11 heteroatoms. The Hall–Kier alpha value is -1.36. The molecule has 2 aromatic heterocycles. The van der Waals surface area contributed by atoms with Crippen molar-refractivity contribution in [2.75, 3.05) is 0 Å². The van der Waals surface area contributed by atoms with E-state index < -0.39 is 20.2 Å². The number of rotatable bonds is 12. The molecule has 1 fully saturated rings. The molecule has 2 aromatic rings. The fourth-order valence-corrected chi connectivity index (χ4v) is 6.89. The van der Waals surface area contributed by atoms with Gasteiger partial charge in [0.25, 0.3) is 0 Å². The summed E-state index contributed by atoms with van der Waals surface area (Å²) >= 11 is 1.69. The van der Waals surface area contributed by atoms with Crippen molar-refractivity contribution < 1.29 is 15.2 Å². The number of aryl methyl sites for hydroxylation is 1. The first-order valence-corrected chi connectivity index (χ1v) is 14.5. The monoisotopic (exact) mass is 513 g/mol. The molecular formula is C25H41B2N5O3S. The van der Waals surface area contributed by atoms with Crippen LogP contribution in [0.5, 0.6) is 0 Å². The second kappa shape index (κ2) is 12.5. The minimum atomic E-state index is -0.682. The number of nitrogens with one attached hydrogen (secondary N) is 2. The highest BCUT2D eigenvalue weighted by atomic mass is 32.1. The summed E-state index contributed by atoms with van der Waals surface area (Å²) in [5.41, 5.74) is 2.90. The van der Waals surface area contributed by atoms with Gasteiger partial charge in [0, 0.05) is 28.4 Å². The van der Waals surface area contributed by atoms with Crippen LogP contribution in [0.2, 0.25) is 13.6 Å². The Balaban J connectivity index is 1.72. The third-order valence-corrected chi connectivity index (χ3v) is 8.73. The van der Waals surface area contributed by atoms with E-state index in [1.807, 2.05) is 0 Å². The van der Waals surface area contributed by atoms with Crippen molar-refractivity contribution >= 4 is 42.4 Å². The van der Waals surface area contributed by atoms with Gasteiger partial charge in [-0.3, -0.25) is 4.99 Å². The minimum absolute atomic E-state index is 0.0850. The van der Waals surface area contributed by atoms with Crippen molar-refractivity contribution in [2.24, 2.45) is 4.99 Å². The molecule has 0 radical (unpaired) electrons. The summed E-state index contributed by atoms with van der Waals surface area (Å²) in [5, 5.41) is 38.0. The maximum absolute atomic E-state index is 11.3. The van der Waals surface area contributed by atoms with Crippen LogP contribution in [0, 0.1) is 0 Å². The van der Waals surface area contributed by atoms with Gasteiger partial charge in [-0.1, -0.05) is 32.6 Å². The molecule has 2 aliphatic carbocycles. The minimum Gasteiger partial charge on any atom is -0.437 e. The standard InChI is InChI=1S/C25H41B2N5O3S/c1-5-6-7-8-9-10-17-24-23(30-25(29-17)15-13-18(15)28-4)22-20(33)12-11-16(31-26(2)34)19(32-27(3)35)14-21(22)36-24/h15-16,18-20,31-35H,4-14H2,1-3H3. The Morgan fingerprint density at radius 2 is 1.78 bits per heavy atom. The lowest BCUT2D eigenvalue weighted by molar-refractivity contribution is 0.154. The second-order valence-electron chi connectivity index (χ2n) is 10.6. The maximum Gasteiger partial charge on any atom is 0.373 e. The topological polar surface area (TPSA) is 123 Å². The molecule has 8 nitrogen and oxygen atoms in total. The molecule has 0 spiro atoms. The Kier molecular flexibility index (Phi) is 9.57.